The molecule has 0 atom stereocenters. The summed E-state index contributed by atoms with van der Waals surface area (Å²) in [6.07, 6.45) is 3.90. The second-order valence-corrected chi connectivity index (χ2v) is 11.0. The van der Waals surface area contributed by atoms with Crippen molar-refractivity contribution < 1.29 is 4.79 Å². The average Bonchev–Trinajstić information content (AvgIpc) is 2.80. The molecule has 0 bridgehead atoms. The van der Waals surface area contributed by atoms with Crippen molar-refractivity contribution in [3.63, 3.8) is 0 Å². The van der Waals surface area contributed by atoms with Crippen molar-refractivity contribution >= 4 is 17.2 Å². The number of hydrogen-bond acceptors (Lipinski definition) is 2. The Bertz CT molecular complexity index is 1240. The number of benzene rings is 3. The van der Waals surface area contributed by atoms with Crippen LogP contribution in [0.15, 0.2) is 107 Å². The largest absolute Gasteiger partial charge is 0.289 e. The predicted octanol–water partition coefficient (Wildman–Crippen LogP) is 8.62. The average molecular weight is 448 g/mol. The van der Waals surface area contributed by atoms with Crippen molar-refractivity contribution in [3.8, 4) is 22.3 Å². The number of nitrogens with zero attached hydrogens (tertiary/aromatic N) is 1. The van der Waals surface area contributed by atoms with Crippen LogP contribution in [0, 0.1) is 10.8 Å². The van der Waals surface area contributed by atoms with Crippen molar-refractivity contribution in [1.82, 2.24) is 0 Å². The van der Waals surface area contributed by atoms with Gasteiger partial charge >= 0.3 is 0 Å². The Morgan fingerprint density at radius 1 is 0.529 bits per heavy atom. The van der Waals surface area contributed by atoms with Gasteiger partial charge in [0.2, 0.25) is 0 Å². The molecule has 3 aromatic rings. The topological polar surface area (TPSA) is 29.4 Å². The Labute approximate surface area is 203 Å². The van der Waals surface area contributed by atoms with Gasteiger partial charge in [-0.3, -0.25) is 4.79 Å². The third-order valence-corrected chi connectivity index (χ3v) is 6.14. The summed E-state index contributed by atoms with van der Waals surface area (Å²) in [6.45, 7) is 12.5. The molecule has 2 heteroatoms. The molecule has 1 aliphatic carbocycles. The summed E-state index contributed by atoms with van der Waals surface area (Å²) in [4.78, 5) is 18.0. The van der Waals surface area contributed by atoms with Crippen LogP contribution >= 0.6 is 0 Å². The molecule has 0 unspecified atom stereocenters. The van der Waals surface area contributed by atoms with Gasteiger partial charge in [0, 0.05) is 11.1 Å². The van der Waals surface area contributed by atoms with E-state index in [1.807, 2.05) is 30.4 Å². The van der Waals surface area contributed by atoms with E-state index in [-0.39, 0.29) is 16.6 Å². The summed E-state index contributed by atoms with van der Waals surface area (Å²) in [6, 6.07) is 27.3. The quantitative estimate of drug-likeness (QED) is 0.369. The maximum absolute atomic E-state index is 13.1. The third kappa shape index (κ3) is 5.17. The number of rotatable bonds is 3. The lowest BCUT2D eigenvalue weighted by Crippen LogP contribution is -2.29. The number of hydrogen-bond donors (Lipinski definition) is 0. The van der Waals surface area contributed by atoms with Gasteiger partial charge in [0.05, 0.1) is 11.4 Å². The Balaban J connectivity index is 1.62. The van der Waals surface area contributed by atoms with Crippen molar-refractivity contribution in [1.29, 1.82) is 0 Å². The number of Topliss-reactive ketones (excluding diaryl/α,β-unsaturated/α-hetero) is 1. The van der Waals surface area contributed by atoms with E-state index in [4.69, 9.17) is 4.99 Å². The molecular formula is C32H33NO. The maximum atomic E-state index is 13.1. The minimum Gasteiger partial charge on any atom is -0.289 e. The fourth-order valence-corrected chi connectivity index (χ4v) is 4.16. The molecule has 1 aliphatic rings. The van der Waals surface area contributed by atoms with Gasteiger partial charge in [0.15, 0.2) is 5.78 Å². The molecule has 0 saturated carbocycles. The molecule has 0 spiro atoms. The molecule has 0 saturated heterocycles. The molecule has 172 valence electrons. The van der Waals surface area contributed by atoms with Crippen LogP contribution in [0.1, 0.15) is 41.5 Å². The van der Waals surface area contributed by atoms with Gasteiger partial charge in [-0.2, -0.15) is 0 Å². The van der Waals surface area contributed by atoms with E-state index in [2.05, 4.69) is 102 Å². The van der Waals surface area contributed by atoms with Gasteiger partial charge in [-0.15, -0.1) is 0 Å². The van der Waals surface area contributed by atoms with Crippen LogP contribution in [0.5, 0.6) is 0 Å². The molecule has 0 aliphatic heterocycles. The molecule has 0 heterocycles. The lowest BCUT2D eigenvalue weighted by atomic mass is 9.72. The highest BCUT2D eigenvalue weighted by Gasteiger charge is 2.34. The van der Waals surface area contributed by atoms with Crippen LogP contribution in [0.3, 0.4) is 0 Å². The summed E-state index contributed by atoms with van der Waals surface area (Å²) < 4.78 is 0. The highest BCUT2D eigenvalue weighted by molar-refractivity contribution is 6.23. The summed E-state index contributed by atoms with van der Waals surface area (Å²) in [5.41, 5.74) is 7.61. The smallest absolute Gasteiger partial charge is 0.186 e. The van der Waals surface area contributed by atoms with Gasteiger partial charge in [0.1, 0.15) is 0 Å². The maximum Gasteiger partial charge on any atom is 0.186 e. The van der Waals surface area contributed by atoms with Crippen LogP contribution < -0.4 is 0 Å². The SMILES string of the molecule is CC(C)(C)C1=CC(=Nc2ccc(-c3ccc(-c4ccccc4)cc3)cc2)C=C(C(C)(C)C)C1=O. The Hall–Kier alpha value is -3.52. The van der Waals surface area contributed by atoms with E-state index in [1.165, 1.54) is 16.7 Å². The summed E-state index contributed by atoms with van der Waals surface area (Å²) in [7, 11) is 0. The van der Waals surface area contributed by atoms with Gasteiger partial charge in [-0.05, 0) is 57.4 Å². The number of carbonyl (C=O) groups excluding carboxylic acids is 1. The number of allylic oxidation sites excluding steroid dienone is 4. The summed E-state index contributed by atoms with van der Waals surface area (Å²) in [5, 5.41) is 0. The first-order valence-electron chi connectivity index (χ1n) is 11.9. The lowest BCUT2D eigenvalue weighted by Gasteiger charge is -2.31. The van der Waals surface area contributed by atoms with Gasteiger partial charge in [0.25, 0.3) is 0 Å². The third-order valence-electron chi connectivity index (χ3n) is 6.14. The van der Waals surface area contributed by atoms with Gasteiger partial charge in [-0.1, -0.05) is 108 Å². The standard InChI is InChI=1S/C32H33NO/c1-31(2,3)28-20-27(21-29(30(28)34)32(4,5)6)33-26-18-16-25(17-19-26)24-14-12-23(13-15-24)22-10-8-7-9-11-22/h7-21H,1-6H3. The molecule has 0 aromatic heterocycles. The first-order chi connectivity index (χ1) is 16.0. The molecule has 0 amide bonds. The first-order valence-corrected chi connectivity index (χ1v) is 11.9. The van der Waals surface area contributed by atoms with E-state index in [0.29, 0.717) is 0 Å². The van der Waals surface area contributed by atoms with Crippen LogP contribution in [-0.4, -0.2) is 11.5 Å². The molecule has 0 N–H and O–H groups in total. The highest BCUT2D eigenvalue weighted by atomic mass is 16.1. The van der Waals surface area contributed by atoms with E-state index in [1.54, 1.807) is 0 Å². The molecule has 34 heavy (non-hydrogen) atoms. The number of carbonyl (C=O) groups is 1. The second kappa shape index (κ2) is 9.02. The van der Waals surface area contributed by atoms with Gasteiger partial charge in [-0.25, -0.2) is 4.99 Å². The fourth-order valence-electron chi connectivity index (χ4n) is 4.16. The van der Waals surface area contributed by atoms with Crippen LogP contribution in [0.4, 0.5) is 5.69 Å². The minimum atomic E-state index is -0.238. The Morgan fingerprint density at radius 2 is 0.912 bits per heavy atom. The number of aliphatic imine (C=N–C) groups is 1. The van der Waals surface area contributed by atoms with E-state index < -0.39 is 0 Å². The number of ketones is 1. The van der Waals surface area contributed by atoms with Crippen molar-refractivity contribution in [2.24, 2.45) is 15.8 Å². The molecule has 0 radical (unpaired) electrons. The fraction of sp³-hybridized carbons (Fsp3) is 0.250. The molecule has 3 aromatic carbocycles. The monoisotopic (exact) mass is 447 g/mol. The summed E-state index contributed by atoms with van der Waals surface area (Å²) >= 11 is 0. The zero-order valence-corrected chi connectivity index (χ0v) is 21.0. The van der Waals surface area contributed by atoms with E-state index in [9.17, 15) is 4.79 Å². The predicted molar refractivity (Wildman–Crippen MR) is 144 cm³/mol. The minimum absolute atomic E-state index is 0.133. The van der Waals surface area contributed by atoms with Crippen molar-refractivity contribution in [2.45, 2.75) is 41.5 Å². The lowest BCUT2D eigenvalue weighted by molar-refractivity contribution is -0.114. The zero-order valence-electron chi connectivity index (χ0n) is 21.0. The van der Waals surface area contributed by atoms with Crippen LogP contribution in [0.25, 0.3) is 22.3 Å². The highest BCUT2D eigenvalue weighted by Crippen LogP contribution is 2.37. The Morgan fingerprint density at radius 3 is 1.32 bits per heavy atom. The summed E-state index contributed by atoms with van der Waals surface area (Å²) in [5.74, 6) is 0.133. The van der Waals surface area contributed by atoms with Crippen LogP contribution in [-0.2, 0) is 4.79 Å². The molecule has 4 rings (SSSR count). The molecule has 0 fully saturated rings. The Kier molecular flexibility index (Phi) is 6.27. The van der Waals surface area contributed by atoms with Crippen LogP contribution in [0.2, 0.25) is 0 Å². The molecular weight excluding hydrogens is 414 g/mol. The van der Waals surface area contributed by atoms with Crippen molar-refractivity contribution in [3.05, 3.63) is 102 Å². The van der Waals surface area contributed by atoms with Crippen molar-refractivity contribution in [2.75, 3.05) is 0 Å². The normalized spacial score (nSPS) is 14.5. The van der Waals surface area contributed by atoms with E-state index in [0.717, 1.165) is 28.1 Å². The van der Waals surface area contributed by atoms with E-state index >= 15 is 0 Å². The first kappa shape index (κ1) is 23.6. The van der Waals surface area contributed by atoms with Gasteiger partial charge < -0.3 is 0 Å². The molecule has 2 nitrogen and oxygen atoms in total. The zero-order chi connectivity index (χ0) is 24.5. The second-order valence-electron chi connectivity index (χ2n) is 11.0.